The standard InChI is InChI=1S/C7H15N.Pt/c1-6-2-4-7(8)5-3-6;/h6-7H,2-5,8H2,1H3;/q;+2. The van der Waals surface area contributed by atoms with Crippen LogP contribution in [0.25, 0.3) is 0 Å². The first-order valence-corrected chi connectivity index (χ1v) is 3.54. The summed E-state index contributed by atoms with van der Waals surface area (Å²) in [5, 5.41) is 0. The van der Waals surface area contributed by atoms with Crippen LogP contribution in [-0.2, 0) is 21.1 Å². The van der Waals surface area contributed by atoms with Crippen molar-refractivity contribution in [2.75, 3.05) is 0 Å². The van der Waals surface area contributed by atoms with Crippen LogP contribution in [0.4, 0.5) is 0 Å². The Bertz CT molecular complexity index is 57.3. The average molecular weight is 308 g/mol. The van der Waals surface area contributed by atoms with E-state index in [1.165, 1.54) is 25.7 Å². The molecule has 2 heteroatoms. The summed E-state index contributed by atoms with van der Waals surface area (Å²) in [6, 6.07) is 0.520. The van der Waals surface area contributed by atoms with Gasteiger partial charge in [0.15, 0.2) is 0 Å². The van der Waals surface area contributed by atoms with E-state index in [1.807, 2.05) is 0 Å². The van der Waals surface area contributed by atoms with Crippen molar-refractivity contribution in [3.63, 3.8) is 0 Å². The van der Waals surface area contributed by atoms with Crippen molar-refractivity contribution in [3.05, 3.63) is 0 Å². The molecule has 0 aromatic heterocycles. The molecular formula is C7H15NPt+2. The minimum atomic E-state index is 0. The third-order valence-corrected chi connectivity index (χ3v) is 2.06. The van der Waals surface area contributed by atoms with Gasteiger partial charge >= 0.3 is 21.1 Å². The fourth-order valence-electron chi connectivity index (χ4n) is 1.29. The van der Waals surface area contributed by atoms with Crippen LogP contribution >= 0.6 is 0 Å². The molecule has 0 saturated heterocycles. The smallest absolute Gasteiger partial charge is 0.328 e. The molecule has 0 aromatic carbocycles. The molecule has 0 aromatic rings. The third-order valence-electron chi connectivity index (χ3n) is 2.06. The van der Waals surface area contributed by atoms with Gasteiger partial charge in [-0.1, -0.05) is 6.92 Å². The quantitative estimate of drug-likeness (QED) is 0.721. The van der Waals surface area contributed by atoms with E-state index in [4.69, 9.17) is 5.73 Å². The predicted octanol–water partition coefficient (Wildman–Crippen LogP) is 1.52. The molecule has 0 aliphatic heterocycles. The van der Waals surface area contributed by atoms with Gasteiger partial charge in [-0.25, -0.2) is 0 Å². The van der Waals surface area contributed by atoms with Crippen LogP contribution in [0, 0.1) is 5.92 Å². The van der Waals surface area contributed by atoms with Gasteiger partial charge in [-0.05, 0) is 31.6 Å². The van der Waals surface area contributed by atoms with Crippen LogP contribution in [0.15, 0.2) is 0 Å². The first kappa shape index (κ1) is 9.65. The van der Waals surface area contributed by atoms with E-state index in [1.54, 1.807) is 0 Å². The molecular weight excluding hydrogens is 293 g/mol. The summed E-state index contributed by atoms with van der Waals surface area (Å²) in [7, 11) is 0. The second-order valence-electron chi connectivity index (χ2n) is 3.02. The van der Waals surface area contributed by atoms with Gasteiger partial charge in [0.1, 0.15) is 0 Å². The van der Waals surface area contributed by atoms with E-state index >= 15 is 0 Å². The topological polar surface area (TPSA) is 26.0 Å². The zero-order valence-corrected chi connectivity index (χ0v) is 8.15. The number of nitrogens with two attached hydrogens (primary N) is 1. The van der Waals surface area contributed by atoms with Crippen molar-refractivity contribution in [1.29, 1.82) is 0 Å². The Balaban J connectivity index is 0.000000640. The van der Waals surface area contributed by atoms with E-state index in [0.717, 1.165) is 5.92 Å². The minimum absolute atomic E-state index is 0. The first-order valence-electron chi connectivity index (χ1n) is 3.54. The summed E-state index contributed by atoms with van der Waals surface area (Å²) in [6.07, 6.45) is 5.20. The molecule has 9 heavy (non-hydrogen) atoms. The summed E-state index contributed by atoms with van der Waals surface area (Å²) in [6.45, 7) is 2.31. The van der Waals surface area contributed by atoms with Crippen LogP contribution in [0.3, 0.4) is 0 Å². The van der Waals surface area contributed by atoms with Crippen molar-refractivity contribution < 1.29 is 21.1 Å². The van der Waals surface area contributed by atoms with E-state index in [2.05, 4.69) is 6.92 Å². The average Bonchev–Trinajstić information content (AvgIpc) is 1.77. The molecule has 0 spiro atoms. The van der Waals surface area contributed by atoms with E-state index in [-0.39, 0.29) is 21.1 Å². The van der Waals surface area contributed by atoms with Crippen LogP contribution in [0.1, 0.15) is 32.6 Å². The Morgan fingerprint density at radius 3 is 1.89 bits per heavy atom. The Morgan fingerprint density at radius 1 is 1.11 bits per heavy atom. The number of hydrogen-bond acceptors (Lipinski definition) is 1. The zero-order chi connectivity index (χ0) is 5.98. The van der Waals surface area contributed by atoms with Crippen LogP contribution in [-0.4, -0.2) is 6.04 Å². The molecule has 0 radical (unpaired) electrons. The maximum absolute atomic E-state index is 5.70. The zero-order valence-electron chi connectivity index (χ0n) is 5.88. The summed E-state index contributed by atoms with van der Waals surface area (Å²) in [5.41, 5.74) is 5.70. The van der Waals surface area contributed by atoms with Gasteiger partial charge in [0.2, 0.25) is 0 Å². The molecule has 56 valence electrons. The molecule has 1 aliphatic carbocycles. The van der Waals surface area contributed by atoms with Gasteiger partial charge in [-0.3, -0.25) is 0 Å². The fraction of sp³-hybridized carbons (Fsp3) is 1.00. The van der Waals surface area contributed by atoms with Gasteiger partial charge in [0.25, 0.3) is 0 Å². The molecule has 0 bridgehead atoms. The molecule has 0 amide bonds. The van der Waals surface area contributed by atoms with Crippen LogP contribution in [0.2, 0.25) is 0 Å². The van der Waals surface area contributed by atoms with Gasteiger partial charge in [-0.15, -0.1) is 0 Å². The predicted molar refractivity (Wildman–Crippen MR) is 35.6 cm³/mol. The second-order valence-corrected chi connectivity index (χ2v) is 3.02. The second kappa shape index (κ2) is 4.46. The Labute approximate surface area is 71.7 Å². The van der Waals surface area contributed by atoms with Crippen molar-refractivity contribution >= 4 is 0 Å². The Hall–Kier alpha value is 0.648. The number of hydrogen-bond donors (Lipinski definition) is 1. The van der Waals surface area contributed by atoms with Gasteiger partial charge < -0.3 is 5.73 Å². The van der Waals surface area contributed by atoms with Crippen molar-refractivity contribution in [3.8, 4) is 0 Å². The van der Waals surface area contributed by atoms with Crippen molar-refractivity contribution in [1.82, 2.24) is 0 Å². The maximum atomic E-state index is 5.70. The largest absolute Gasteiger partial charge is 2.00 e. The van der Waals surface area contributed by atoms with Gasteiger partial charge in [0, 0.05) is 6.04 Å². The monoisotopic (exact) mass is 308 g/mol. The number of rotatable bonds is 0. The normalized spacial score (nSPS) is 35.3. The molecule has 1 rings (SSSR count). The Morgan fingerprint density at radius 2 is 1.56 bits per heavy atom. The van der Waals surface area contributed by atoms with E-state index in [0.29, 0.717) is 6.04 Å². The Kier molecular flexibility index (Phi) is 4.78. The molecule has 0 heterocycles. The summed E-state index contributed by atoms with van der Waals surface area (Å²) < 4.78 is 0. The van der Waals surface area contributed by atoms with Gasteiger partial charge in [0.05, 0.1) is 0 Å². The maximum Gasteiger partial charge on any atom is 2.00 e. The van der Waals surface area contributed by atoms with Crippen molar-refractivity contribution in [2.24, 2.45) is 11.7 Å². The molecule has 1 fully saturated rings. The molecule has 1 nitrogen and oxygen atoms in total. The molecule has 1 aliphatic rings. The summed E-state index contributed by atoms with van der Waals surface area (Å²) in [5.74, 6) is 0.940. The first-order chi connectivity index (χ1) is 3.79. The molecule has 0 atom stereocenters. The molecule has 0 unspecified atom stereocenters. The SMILES string of the molecule is CC1CCC(N)CC1.[Pt+2]. The third kappa shape index (κ3) is 3.37. The summed E-state index contributed by atoms with van der Waals surface area (Å²) in [4.78, 5) is 0. The van der Waals surface area contributed by atoms with E-state index < -0.39 is 0 Å². The fourth-order valence-corrected chi connectivity index (χ4v) is 1.29. The molecule has 2 N–H and O–H groups in total. The van der Waals surface area contributed by atoms with Crippen molar-refractivity contribution in [2.45, 2.75) is 38.6 Å². The van der Waals surface area contributed by atoms with Gasteiger partial charge in [-0.2, -0.15) is 0 Å². The van der Waals surface area contributed by atoms with E-state index in [9.17, 15) is 0 Å². The molecule has 1 saturated carbocycles. The van der Waals surface area contributed by atoms with Crippen LogP contribution < -0.4 is 5.73 Å². The minimum Gasteiger partial charge on any atom is -0.328 e. The van der Waals surface area contributed by atoms with Crippen LogP contribution in [0.5, 0.6) is 0 Å². The summed E-state index contributed by atoms with van der Waals surface area (Å²) >= 11 is 0.